The first kappa shape index (κ1) is 21.3. The molecule has 2 aromatic carbocycles. The van der Waals surface area contributed by atoms with Gasteiger partial charge in [-0.2, -0.15) is 0 Å². The van der Waals surface area contributed by atoms with Gasteiger partial charge in [0.05, 0.1) is 21.5 Å². The molecule has 0 radical (unpaired) electrons. The average molecular weight is 499 g/mol. The SMILES string of the molecule is O=C1S/C(=C\c2ccc(-c3ccc(Cl)c(Cl)c3)o2)C(=O)N1Cc1ccc(Cl)cc1Cl. The number of amides is 2. The number of furan rings is 1. The van der Waals surface area contributed by atoms with E-state index in [4.69, 9.17) is 50.8 Å². The lowest BCUT2D eigenvalue weighted by Gasteiger charge is -2.13. The molecule has 0 unspecified atom stereocenters. The Labute approximate surface area is 196 Å². The molecule has 0 spiro atoms. The highest BCUT2D eigenvalue weighted by atomic mass is 35.5. The highest BCUT2D eigenvalue weighted by Gasteiger charge is 2.35. The number of benzene rings is 2. The van der Waals surface area contributed by atoms with Crippen LogP contribution < -0.4 is 0 Å². The molecule has 3 aromatic rings. The molecule has 0 bridgehead atoms. The largest absolute Gasteiger partial charge is 0.457 e. The fourth-order valence-corrected chi connectivity index (χ4v) is 4.41. The van der Waals surface area contributed by atoms with Gasteiger partial charge >= 0.3 is 0 Å². The van der Waals surface area contributed by atoms with E-state index in [1.54, 1.807) is 48.5 Å². The number of hydrogen-bond donors (Lipinski definition) is 0. The average Bonchev–Trinajstić information content (AvgIpc) is 3.26. The molecule has 9 heteroatoms. The Balaban J connectivity index is 1.55. The van der Waals surface area contributed by atoms with Gasteiger partial charge in [0.25, 0.3) is 11.1 Å². The lowest BCUT2D eigenvalue weighted by atomic mass is 10.2. The van der Waals surface area contributed by atoms with Crippen molar-refractivity contribution in [1.29, 1.82) is 0 Å². The Bertz CT molecular complexity index is 1200. The summed E-state index contributed by atoms with van der Waals surface area (Å²) in [6.45, 7) is 0.0602. The number of hydrogen-bond acceptors (Lipinski definition) is 4. The minimum absolute atomic E-state index is 0.0602. The molecule has 152 valence electrons. The van der Waals surface area contributed by atoms with E-state index in [0.717, 1.165) is 22.2 Å². The van der Waals surface area contributed by atoms with Gasteiger partial charge in [-0.3, -0.25) is 14.5 Å². The lowest BCUT2D eigenvalue weighted by Crippen LogP contribution is -2.27. The van der Waals surface area contributed by atoms with E-state index in [0.29, 0.717) is 37.2 Å². The van der Waals surface area contributed by atoms with Gasteiger partial charge in [-0.15, -0.1) is 0 Å². The normalized spacial score (nSPS) is 15.5. The van der Waals surface area contributed by atoms with E-state index in [-0.39, 0.29) is 16.7 Å². The molecule has 2 heterocycles. The molecule has 1 aliphatic heterocycles. The minimum atomic E-state index is -0.413. The highest BCUT2D eigenvalue weighted by molar-refractivity contribution is 8.18. The first-order chi connectivity index (χ1) is 14.3. The number of carbonyl (C=O) groups is 2. The van der Waals surface area contributed by atoms with Crippen molar-refractivity contribution in [3.8, 4) is 11.3 Å². The summed E-state index contributed by atoms with van der Waals surface area (Å²) in [6, 6.07) is 13.5. The van der Waals surface area contributed by atoms with Crippen LogP contribution in [0.3, 0.4) is 0 Å². The van der Waals surface area contributed by atoms with Crippen molar-refractivity contribution < 1.29 is 14.0 Å². The summed E-state index contributed by atoms with van der Waals surface area (Å²) in [5.74, 6) is 0.585. The first-order valence-corrected chi connectivity index (χ1v) is 10.9. The van der Waals surface area contributed by atoms with Gasteiger partial charge in [0.15, 0.2) is 0 Å². The maximum atomic E-state index is 12.7. The molecule has 2 amide bonds. The van der Waals surface area contributed by atoms with E-state index >= 15 is 0 Å². The summed E-state index contributed by atoms with van der Waals surface area (Å²) in [6.07, 6.45) is 1.54. The quantitative estimate of drug-likeness (QED) is 0.344. The third-order valence-electron chi connectivity index (χ3n) is 4.32. The Hall–Kier alpha value is -1.89. The van der Waals surface area contributed by atoms with Crippen molar-refractivity contribution in [2.75, 3.05) is 0 Å². The van der Waals surface area contributed by atoms with Crippen LogP contribution in [0.2, 0.25) is 20.1 Å². The molecule has 0 aliphatic carbocycles. The zero-order chi connectivity index (χ0) is 21.4. The second kappa shape index (κ2) is 8.69. The summed E-state index contributed by atoms with van der Waals surface area (Å²) >= 11 is 24.9. The van der Waals surface area contributed by atoms with Crippen molar-refractivity contribution in [1.82, 2.24) is 4.90 Å². The first-order valence-electron chi connectivity index (χ1n) is 8.56. The second-order valence-corrected chi connectivity index (χ2v) is 8.99. The molecule has 4 nitrogen and oxygen atoms in total. The van der Waals surface area contributed by atoms with Gasteiger partial charge in [0, 0.05) is 21.7 Å². The Kier molecular flexibility index (Phi) is 6.19. The van der Waals surface area contributed by atoms with E-state index < -0.39 is 5.91 Å². The van der Waals surface area contributed by atoms with Crippen LogP contribution in [0, 0.1) is 0 Å². The molecule has 0 atom stereocenters. The van der Waals surface area contributed by atoms with Crippen molar-refractivity contribution in [2.45, 2.75) is 6.54 Å². The van der Waals surface area contributed by atoms with Crippen LogP contribution in [0.25, 0.3) is 17.4 Å². The van der Waals surface area contributed by atoms with Crippen LogP contribution in [-0.2, 0) is 11.3 Å². The molecule has 0 saturated carbocycles. The van der Waals surface area contributed by atoms with Crippen molar-refractivity contribution >= 4 is 75.4 Å². The van der Waals surface area contributed by atoms with Crippen LogP contribution in [0.15, 0.2) is 57.9 Å². The van der Waals surface area contributed by atoms with E-state index in [9.17, 15) is 9.59 Å². The third kappa shape index (κ3) is 4.41. The zero-order valence-electron chi connectivity index (χ0n) is 15.0. The monoisotopic (exact) mass is 497 g/mol. The highest BCUT2D eigenvalue weighted by Crippen LogP contribution is 2.36. The Morgan fingerprint density at radius 2 is 1.70 bits per heavy atom. The molecule has 30 heavy (non-hydrogen) atoms. The summed E-state index contributed by atoms with van der Waals surface area (Å²) in [5.41, 5.74) is 1.37. The van der Waals surface area contributed by atoms with Crippen LogP contribution in [-0.4, -0.2) is 16.0 Å². The predicted molar refractivity (Wildman–Crippen MR) is 122 cm³/mol. The van der Waals surface area contributed by atoms with Crippen LogP contribution in [0.4, 0.5) is 4.79 Å². The molecule has 1 saturated heterocycles. The summed E-state index contributed by atoms with van der Waals surface area (Å²) in [5, 5.41) is 1.35. The Morgan fingerprint density at radius 3 is 2.43 bits per heavy atom. The summed E-state index contributed by atoms with van der Waals surface area (Å²) in [7, 11) is 0. The number of rotatable bonds is 4. The summed E-state index contributed by atoms with van der Waals surface area (Å²) < 4.78 is 5.79. The second-order valence-electron chi connectivity index (χ2n) is 6.33. The number of carbonyl (C=O) groups excluding carboxylic acids is 2. The van der Waals surface area contributed by atoms with Crippen molar-refractivity contribution in [2.24, 2.45) is 0 Å². The van der Waals surface area contributed by atoms with Gasteiger partial charge in [-0.05, 0) is 59.8 Å². The van der Waals surface area contributed by atoms with E-state index in [1.165, 1.54) is 6.08 Å². The Morgan fingerprint density at radius 1 is 0.900 bits per heavy atom. The van der Waals surface area contributed by atoms with Crippen molar-refractivity contribution in [3.63, 3.8) is 0 Å². The number of imide groups is 1. The molecule has 1 fully saturated rings. The molecular formula is C21H11Cl4NO3S. The minimum Gasteiger partial charge on any atom is -0.457 e. The lowest BCUT2D eigenvalue weighted by molar-refractivity contribution is -0.123. The van der Waals surface area contributed by atoms with Crippen molar-refractivity contribution in [3.05, 3.63) is 84.9 Å². The van der Waals surface area contributed by atoms with Gasteiger partial charge in [-0.1, -0.05) is 52.5 Å². The van der Waals surface area contributed by atoms with Gasteiger partial charge < -0.3 is 4.42 Å². The van der Waals surface area contributed by atoms with Gasteiger partial charge in [0.1, 0.15) is 11.5 Å². The zero-order valence-corrected chi connectivity index (χ0v) is 18.8. The molecule has 0 N–H and O–H groups in total. The van der Waals surface area contributed by atoms with Gasteiger partial charge in [0.2, 0.25) is 0 Å². The molecule has 4 rings (SSSR count). The smallest absolute Gasteiger partial charge is 0.293 e. The van der Waals surface area contributed by atoms with Crippen LogP contribution in [0.1, 0.15) is 11.3 Å². The number of thioether (sulfide) groups is 1. The number of nitrogens with zero attached hydrogens (tertiary/aromatic N) is 1. The van der Waals surface area contributed by atoms with Crippen LogP contribution >= 0.6 is 58.2 Å². The predicted octanol–water partition coefficient (Wildman–Crippen LogP) is 7.80. The standard InChI is InChI=1S/C21H11Cl4NO3S/c22-13-3-1-12(16(24)8-13)10-26-20(27)19(30-21(26)28)9-14-4-6-18(29-14)11-2-5-15(23)17(25)7-11/h1-9H,10H2/b19-9-. The molecule has 1 aliphatic rings. The summed E-state index contributed by atoms with van der Waals surface area (Å²) in [4.78, 5) is 26.5. The van der Waals surface area contributed by atoms with E-state index in [2.05, 4.69) is 0 Å². The molecular weight excluding hydrogens is 488 g/mol. The maximum absolute atomic E-state index is 12.7. The van der Waals surface area contributed by atoms with E-state index in [1.807, 2.05) is 0 Å². The van der Waals surface area contributed by atoms with Gasteiger partial charge in [-0.25, -0.2) is 0 Å². The topological polar surface area (TPSA) is 50.5 Å². The molecule has 1 aromatic heterocycles. The third-order valence-corrected chi connectivity index (χ3v) is 6.55. The maximum Gasteiger partial charge on any atom is 0.293 e. The fraction of sp³-hybridized carbons (Fsp3) is 0.0476. The number of halogens is 4. The van der Waals surface area contributed by atoms with Crippen LogP contribution in [0.5, 0.6) is 0 Å². The fourth-order valence-electron chi connectivity index (χ4n) is 2.82.